The second-order valence-corrected chi connectivity index (χ2v) is 8.32. The fourth-order valence-corrected chi connectivity index (χ4v) is 4.46. The molecule has 0 atom stereocenters. The van der Waals surface area contributed by atoms with Gasteiger partial charge in [-0.3, -0.25) is 13.7 Å². The molecule has 0 fully saturated rings. The number of carboxylic acids is 1. The first-order chi connectivity index (χ1) is 16.5. The molecule has 0 aliphatic heterocycles. The first-order valence-electron chi connectivity index (χ1n) is 10.6. The van der Waals surface area contributed by atoms with E-state index in [4.69, 9.17) is 4.74 Å². The molecule has 2 aromatic heterocycles. The smallest absolute Gasteiger partial charge is 0.344 e. The van der Waals surface area contributed by atoms with Crippen LogP contribution in [0.3, 0.4) is 0 Å². The molecule has 0 saturated heterocycles. The number of benzene rings is 3. The molecule has 5 aromatic rings. The molecule has 11 heteroatoms. The number of hydrogen-bond donors (Lipinski definition) is 2. The van der Waals surface area contributed by atoms with Crippen LogP contribution in [-0.2, 0) is 6.54 Å². The summed E-state index contributed by atoms with van der Waals surface area (Å²) in [4.78, 5) is 31.7. The average Bonchev–Trinajstić information content (AvgIpc) is 3.43. The molecular formula is C25H20N4Na2O4S. The number of aromatic carboxylic acids is 1. The number of imidazole rings is 1. The molecule has 0 unspecified atom stereocenters. The van der Waals surface area contributed by atoms with Crippen molar-refractivity contribution in [1.82, 2.24) is 18.9 Å². The Labute approximate surface area is 255 Å². The van der Waals surface area contributed by atoms with Gasteiger partial charge in [0.25, 0.3) is 6.01 Å². The molecule has 0 saturated carbocycles. The van der Waals surface area contributed by atoms with Crippen LogP contribution in [0.5, 0.6) is 6.01 Å². The summed E-state index contributed by atoms with van der Waals surface area (Å²) >= 11 is 0.963. The third kappa shape index (κ3) is 5.68. The van der Waals surface area contributed by atoms with E-state index in [0.29, 0.717) is 36.0 Å². The van der Waals surface area contributed by atoms with Crippen LogP contribution in [-0.4, -0.2) is 95.7 Å². The van der Waals surface area contributed by atoms with Gasteiger partial charge in [-0.05, 0) is 35.7 Å². The van der Waals surface area contributed by atoms with Crippen LogP contribution in [0.2, 0.25) is 0 Å². The molecule has 8 nitrogen and oxygen atoms in total. The Bertz CT molecular complexity index is 1560. The number of nitrogens with zero attached hydrogens (tertiary/aromatic N) is 3. The summed E-state index contributed by atoms with van der Waals surface area (Å²) in [6.45, 7) is 2.68. The first kappa shape index (κ1) is 28.3. The number of rotatable bonds is 7. The van der Waals surface area contributed by atoms with E-state index >= 15 is 0 Å². The van der Waals surface area contributed by atoms with Gasteiger partial charge in [0.15, 0.2) is 5.82 Å². The van der Waals surface area contributed by atoms with Crippen molar-refractivity contribution in [3.05, 3.63) is 87.5 Å². The van der Waals surface area contributed by atoms with Gasteiger partial charge in [0.2, 0.25) is 0 Å². The SMILES string of the molecule is CCOc1nc2cccc(C(=O)O)c2n1Cc1ccc(-c2ccccc2-c2nc(=O)s[nH]2)cc1.[Na].[Na]. The maximum absolute atomic E-state index is 11.8. The Morgan fingerprint density at radius 2 is 1.72 bits per heavy atom. The van der Waals surface area contributed by atoms with E-state index in [0.717, 1.165) is 33.8 Å². The molecule has 172 valence electrons. The number of carbonyl (C=O) groups is 1. The van der Waals surface area contributed by atoms with Crippen molar-refractivity contribution in [1.29, 1.82) is 0 Å². The number of fused-ring (bicyclic) bond motifs is 1. The second kappa shape index (κ2) is 12.3. The Balaban J connectivity index is 0.00000180. The van der Waals surface area contributed by atoms with E-state index in [1.807, 2.05) is 55.5 Å². The zero-order valence-electron chi connectivity index (χ0n) is 20.2. The molecule has 0 amide bonds. The fraction of sp³-hybridized carbons (Fsp3) is 0.120. The van der Waals surface area contributed by atoms with Gasteiger partial charge < -0.3 is 9.84 Å². The van der Waals surface area contributed by atoms with Gasteiger partial charge in [-0.2, -0.15) is 9.97 Å². The molecule has 2 N–H and O–H groups in total. The van der Waals surface area contributed by atoms with Crippen molar-refractivity contribution in [3.8, 4) is 28.5 Å². The van der Waals surface area contributed by atoms with Crippen molar-refractivity contribution < 1.29 is 14.6 Å². The maximum Gasteiger partial charge on any atom is 0.344 e. The summed E-state index contributed by atoms with van der Waals surface area (Å²) in [5.41, 5.74) is 5.01. The number of hydrogen-bond acceptors (Lipinski definition) is 6. The quantitative estimate of drug-likeness (QED) is 0.316. The van der Waals surface area contributed by atoms with Crippen LogP contribution in [0.25, 0.3) is 33.5 Å². The zero-order chi connectivity index (χ0) is 23.7. The number of H-pyrrole nitrogens is 1. The minimum Gasteiger partial charge on any atom is -0.478 e. The van der Waals surface area contributed by atoms with E-state index in [9.17, 15) is 14.7 Å². The third-order valence-corrected chi connectivity index (χ3v) is 6.02. The maximum atomic E-state index is 11.8. The molecule has 0 aliphatic carbocycles. The van der Waals surface area contributed by atoms with E-state index < -0.39 is 5.97 Å². The number of ether oxygens (including phenoxy) is 1. The molecule has 0 bridgehead atoms. The summed E-state index contributed by atoms with van der Waals surface area (Å²) in [7, 11) is 0. The topological polar surface area (TPSA) is 110 Å². The number of para-hydroxylation sites is 1. The van der Waals surface area contributed by atoms with Crippen molar-refractivity contribution >= 4 is 87.6 Å². The van der Waals surface area contributed by atoms with Crippen LogP contribution < -0.4 is 9.61 Å². The summed E-state index contributed by atoms with van der Waals surface area (Å²) in [6.07, 6.45) is 0. The van der Waals surface area contributed by atoms with Crippen LogP contribution in [0.4, 0.5) is 0 Å². The van der Waals surface area contributed by atoms with Crippen LogP contribution in [0, 0.1) is 0 Å². The van der Waals surface area contributed by atoms with E-state index in [1.165, 1.54) is 0 Å². The number of aromatic amines is 1. The Kier molecular flexibility index (Phi) is 9.71. The molecule has 0 spiro atoms. The van der Waals surface area contributed by atoms with Crippen LogP contribution >= 0.6 is 11.5 Å². The zero-order valence-corrected chi connectivity index (χ0v) is 25.0. The van der Waals surface area contributed by atoms with Crippen molar-refractivity contribution in [2.45, 2.75) is 13.5 Å². The van der Waals surface area contributed by atoms with Crippen LogP contribution in [0.15, 0.2) is 71.5 Å². The van der Waals surface area contributed by atoms with Gasteiger partial charge in [0.1, 0.15) is 0 Å². The number of carboxylic acid groups (broad SMARTS) is 1. The predicted octanol–water partition coefficient (Wildman–Crippen LogP) is 3.90. The van der Waals surface area contributed by atoms with Gasteiger partial charge in [0, 0.05) is 76.2 Å². The third-order valence-electron chi connectivity index (χ3n) is 5.46. The van der Waals surface area contributed by atoms with Gasteiger partial charge >= 0.3 is 10.8 Å². The fourth-order valence-electron chi connectivity index (χ4n) is 3.98. The Morgan fingerprint density at radius 3 is 2.36 bits per heavy atom. The van der Waals surface area contributed by atoms with E-state index in [2.05, 4.69) is 14.3 Å². The van der Waals surface area contributed by atoms with Gasteiger partial charge in [-0.25, -0.2) is 4.79 Å². The summed E-state index contributed by atoms with van der Waals surface area (Å²) in [5, 5.41) is 9.69. The summed E-state index contributed by atoms with van der Waals surface area (Å²) in [6, 6.07) is 21.1. The normalized spacial score (nSPS) is 10.5. The largest absolute Gasteiger partial charge is 0.478 e. The first-order valence-corrected chi connectivity index (χ1v) is 11.5. The Morgan fingerprint density at radius 1 is 1.00 bits per heavy atom. The van der Waals surface area contributed by atoms with Crippen molar-refractivity contribution in [2.24, 2.45) is 0 Å². The molecule has 2 radical (unpaired) electrons. The second-order valence-electron chi connectivity index (χ2n) is 7.56. The standard InChI is InChI=1S/C25H20N4O4S.2Na/c1-2-33-24-26-20-9-5-8-19(23(30)31)21(20)29(24)14-15-10-12-16(13-11-15)17-6-3-4-7-18(17)22-27-25(32)34-28-22;;/h3-13H,2,14H2,1H3,(H,30,31)(H,27,28,32);;. The average molecular weight is 519 g/mol. The van der Waals surface area contributed by atoms with Gasteiger partial charge in [0.05, 0.1) is 29.7 Å². The van der Waals surface area contributed by atoms with Crippen LogP contribution in [0.1, 0.15) is 22.8 Å². The van der Waals surface area contributed by atoms with Crippen molar-refractivity contribution in [2.75, 3.05) is 6.61 Å². The van der Waals surface area contributed by atoms with E-state index in [-0.39, 0.29) is 69.6 Å². The Hall–Kier alpha value is -2.24. The van der Waals surface area contributed by atoms with Gasteiger partial charge in [-0.1, -0.05) is 54.6 Å². The molecule has 2 heterocycles. The number of aromatic nitrogens is 4. The summed E-state index contributed by atoms with van der Waals surface area (Å²) < 4.78 is 10.5. The molecule has 0 aliphatic rings. The molecule has 3 aromatic carbocycles. The molecular weight excluding hydrogens is 498 g/mol. The monoisotopic (exact) mass is 518 g/mol. The minimum absolute atomic E-state index is 0. The van der Waals surface area contributed by atoms with Gasteiger partial charge in [-0.15, -0.1) is 0 Å². The van der Waals surface area contributed by atoms with E-state index in [1.54, 1.807) is 22.8 Å². The summed E-state index contributed by atoms with van der Waals surface area (Å²) in [5.74, 6) is -0.469. The predicted molar refractivity (Wildman–Crippen MR) is 142 cm³/mol. The molecule has 36 heavy (non-hydrogen) atoms. The number of nitrogens with one attached hydrogen (secondary N) is 1. The minimum atomic E-state index is -1.01. The van der Waals surface area contributed by atoms with Crippen molar-refractivity contribution in [3.63, 3.8) is 0 Å². The molecule has 5 rings (SSSR count).